The number of benzene rings is 2. The molecule has 2 N–H and O–H groups in total. The number of nitrogens with one attached hydrogen (secondary N) is 2. The van der Waals surface area contributed by atoms with Gasteiger partial charge in [0.25, 0.3) is 0 Å². The zero-order valence-corrected chi connectivity index (χ0v) is 24.6. The number of para-hydroxylation sites is 1. The van der Waals surface area contributed by atoms with Gasteiger partial charge in [-0.2, -0.15) is 9.19 Å². The largest absolute Gasteiger partial charge is 0.369 e. The lowest BCUT2D eigenvalue weighted by Gasteiger charge is -2.49. The summed E-state index contributed by atoms with van der Waals surface area (Å²) < 4.78 is 21.3. The second-order valence-electron chi connectivity index (χ2n) is 9.80. The first-order valence-corrected chi connectivity index (χ1v) is 15.3. The van der Waals surface area contributed by atoms with Crippen LogP contribution in [-0.2, 0) is 20.1 Å². The highest BCUT2D eigenvalue weighted by Crippen LogP contribution is 2.41. The standard InChI is InChI=1S/C27H38ClN7O2S/c1-7-20-18-21(35-16-14-34(4)15-17-35)12-13-23(20)31-27-29-19-22(28)26(32-27)30-24-10-8-9-11-25(24)38(6,36,37-5)33(2)3/h8-13,18-19H,7,14-17H2,1-6H3,(H2,29,30,31,32). The van der Waals surface area contributed by atoms with Crippen LogP contribution in [0.2, 0.25) is 5.02 Å². The maximum atomic E-state index is 14.1. The zero-order chi connectivity index (χ0) is 27.5. The summed E-state index contributed by atoms with van der Waals surface area (Å²) in [6.45, 7) is 6.30. The predicted octanol–water partition coefficient (Wildman–Crippen LogP) is 4.78. The van der Waals surface area contributed by atoms with Crippen LogP contribution in [0.15, 0.2) is 53.6 Å². The third-order valence-electron chi connectivity index (χ3n) is 7.21. The van der Waals surface area contributed by atoms with E-state index in [9.17, 15) is 4.21 Å². The van der Waals surface area contributed by atoms with Crippen LogP contribution >= 0.6 is 11.6 Å². The Morgan fingerprint density at radius 3 is 2.45 bits per heavy atom. The van der Waals surface area contributed by atoms with Crippen LogP contribution in [0.5, 0.6) is 0 Å². The molecule has 206 valence electrons. The Morgan fingerprint density at radius 2 is 1.79 bits per heavy atom. The molecule has 38 heavy (non-hydrogen) atoms. The summed E-state index contributed by atoms with van der Waals surface area (Å²) in [6.07, 6.45) is 4.02. The monoisotopic (exact) mass is 559 g/mol. The van der Waals surface area contributed by atoms with E-state index in [0.29, 0.717) is 27.4 Å². The van der Waals surface area contributed by atoms with Gasteiger partial charge >= 0.3 is 0 Å². The van der Waals surface area contributed by atoms with E-state index >= 15 is 0 Å². The van der Waals surface area contributed by atoms with E-state index in [4.69, 9.17) is 15.8 Å². The number of aryl methyl sites for hydroxylation is 1. The van der Waals surface area contributed by atoms with Gasteiger partial charge < -0.3 is 20.4 Å². The summed E-state index contributed by atoms with van der Waals surface area (Å²) >= 11 is 6.49. The minimum atomic E-state index is -3.79. The van der Waals surface area contributed by atoms with Crippen LogP contribution in [0.4, 0.5) is 28.8 Å². The molecule has 0 aliphatic carbocycles. The highest BCUT2D eigenvalue weighted by molar-refractivity contribution is 8.13. The van der Waals surface area contributed by atoms with Crippen molar-refractivity contribution in [1.82, 2.24) is 19.2 Å². The van der Waals surface area contributed by atoms with E-state index in [-0.39, 0.29) is 0 Å². The Labute approximate surface area is 230 Å². The van der Waals surface area contributed by atoms with Crippen molar-refractivity contribution < 1.29 is 8.39 Å². The van der Waals surface area contributed by atoms with Gasteiger partial charge in [-0.15, -0.1) is 9.53 Å². The van der Waals surface area contributed by atoms with Gasteiger partial charge in [0.2, 0.25) is 5.95 Å². The molecule has 0 radical (unpaired) electrons. The van der Waals surface area contributed by atoms with E-state index in [1.807, 2.05) is 18.2 Å². The maximum absolute atomic E-state index is 14.1. The number of hydrogen-bond acceptors (Lipinski definition) is 8. The normalized spacial score (nSPS) is 15.8. The van der Waals surface area contributed by atoms with Crippen LogP contribution in [0.3, 0.4) is 0 Å². The molecule has 3 aromatic rings. The second-order valence-corrected chi connectivity index (χ2v) is 14.1. The number of anilines is 5. The molecule has 0 atom stereocenters. The minimum absolute atomic E-state index is 0.341. The SMILES string of the molecule is CCc1cc(N2CCN(C)CC2)ccc1Nc1ncc(Cl)c(Nc2ccccc2S(C)(=O)(OC)N(C)C)n1. The predicted molar refractivity (Wildman–Crippen MR) is 159 cm³/mol. The van der Waals surface area contributed by atoms with Gasteiger partial charge in [-0.05, 0) is 49.4 Å². The lowest BCUT2D eigenvalue weighted by molar-refractivity contribution is 0.313. The van der Waals surface area contributed by atoms with Crippen molar-refractivity contribution in [3.8, 4) is 0 Å². The van der Waals surface area contributed by atoms with Crippen LogP contribution in [0.25, 0.3) is 0 Å². The number of piperazine rings is 1. The third-order valence-corrected chi connectivity index (χ3v) is 11.3. The van der Waals surface area contributed by atoms with Crippen molar-refractivity contribution in [3.05, 3.63) is 59.2 Å². The summed E-state index contributed by atoms with van der Waals surface area (Å²) in [5.74, 6) is 0.804. The molecule has 0 amide bonds. The molecule has 9 nitrogen and oxygen atoms in total. The number of aromatic nitrogens is 2. The summed E-state index contributed by atoms with van der Waals surface area (Å²) in [6, 6.07) is 13.8. The molecule has 0 spiro atoms. The van der Waals surface area contributed by atoms with Crippen LogP contribution < -0.4 is 15.5 Å². The first-order chi connectivity index (χ1) is 18.0. The number of rotatable bonds is 9. The molecular formula is C27H38ClN7O2S. The Balaban J connectivity index is 1.61. The molecule has 4 rings (SSSR count). The Morgan fingerprint density at radius 1 is 1.08 bits per heavy atom. The van der Waals surface area contributed by atoms with Crippen LogP contribution in [0.1, 0.15) is 12.5 Å². The number of nitrogens with zero attached hydrogens (tertiary/aromatic N) is 5. The highest BCUT2D eigenvalue weighted by atomic mass is 35.5. The smallest absolute Gasteiger partial charge is 0.229 e. The van der Waals surface area contributed by atoms with Crippen molar-refractivity contribution in [1.29, 1.82) is 0 Å². The zero-order valence-electron chi connectivity index (χ0n) is 23.0. The van der Waals surface area contributed by atoms with Crippen LogP contribution in [-0.4, -0.2) is 84.1 Å². The Hall–Kier alpha value is -2.76. The third kappa shape index (κ3) is 5.64. The fourth-order valence-corrected chi connectivity index (χ4v) is 6.44. The lowest BCUT2D eigenvalue weighted by Crippen LogP contribution is -2.47. The van der Waals surface area contributed by atoms with Crippen molar-refractivity contribution in [2.24, 2.45) is 0 Å². The number of hydrogen-bond donors (Lipinski definition) is 2. The van der Waals surface area contributed by atoms with E-state index < -0.39 is 9.53 Å². The molecule has 0 bridgehead atoms. The van der Waals surface area contributed by atoms with Crippen LogP contribution in [0, 0.1) is 0 Å². The van der Waals surface area contributed by atoms with Gasteiger partial charge in [-0.25, -0.2) is 9.29 Å². The van der Waals surface area contributed by atoms with Gasteiger partial charge in [0.15, 0.2) is 5.82 Å². The fourth-order valence-electron chi connectivity index (χ4n) is 4.43. The van der Waals surface area contributed by atoms with Crippen molar-refractivity contribution in [3.63, 3.8) is 0 Å². The van der Waals surface area contributed by atoms with Gasteiger partial charge in [-0.3, -0.25) is 4.18 Å². The Kier molecular flexibility index (Phi) is 8.29. The number of likely N-dealkylation sites (N-methyl/N-ethyl adjacent to an activating group) is 1. The molecular weight excluding hydrogens is 522 g/mol. The molecule has 2 aromatic carbocycles. The summed E-state index contributed by atoms with van der Waals surface area (Å²) in [7, 11) is 3.29. The molecule has 11 heteroatoms. The average molecular weight is 560 g/mol. The van der Waals surface area contributed by atoms with Crippen molar-refractivity contribution in [2.45, 2.75) is 18.2 Å². The molecule has 1 aromatic heterocycles. The topological polar surface area (TPSA) is 85.9 Å². The van der Waals surface area contributed by atoms with Gasteiger partial charge in [0.05, 0.1) is 23.9 Å². The number of halogens is 1. The van der Waals surface area contributed by atoms with E-state index in [0.717, 1.165) is 38.3 Å². The molecule has 1 fully saturated rings. The molecule has 0 unspecified atom stereocenters. The van der Waals surface area contributed by atoms with E-state index in [1.54, 1.807) is 36.9 Å². The lowest BCUT2D eigenvalue weighted by atomic mass is 10.1. The summed E-state index contributed by atoms with van der Waals surface area (Å²) in [5.41, 5.74) is 3.94. The fraction of sp³-hybridized carbons (Fsp3) is 0.407. The quantitative estimate of drug-likeness (QED) is 0.387. The van der Waals surface area contributed by atoms with Gasteiger partial charge in [-0.1, -0.05) is 30.7 Å². The van der Waals surface area contributed by atoms with E-state index in [2.05, 4.69) is 62.6 Å². The Bertz CT molecular complexity index is 1360. The van der Waals surface area contributed by atoms with Gasteiger partial charge in [0.1, 0.15) is 5.02 Å². The minimum Gasteiger partial charge on any atom is -0.369 e. The molecule has 1 aliphatic rings. The second kappa shape index (κ2) is 11.2. The summed E-state index contributed by atoms with van der Waals surface area (Å²) in [5, 5.41) is 6.96. The first-order valence-electron chi connectivity index (χ1n) is 12.6. The average Bonchev–Trinajstić information content (AvgIpc) is 2.91. The van der Waals surface area contributed by atoms with Crippen molar-refractivity contribution in [2.75, 3.05) is 76.2 Å². The van der Waals surface area contributed by atoms with E-state index in [1.165, 1.54) is 18.4 Å². The molecule has 1 aliphatic heterocycles. The maximum Gasteiger partial charge on any atom is 0.229 e. The van der Waals surface area contributed by atoms with Crippen molar-refractivity contribution >= 4 is 50.0 Å². The molecule has 1 saturated heterocycles. The highest BCUT2D eigenvalue weighted by Gasteiger charge is 2.32. The molecule has 2 heterocycles. The molecule has 0 saturated carbocycles. The van der Waals surface area contributed by atoms with Gasteiger partial charge in [0, 0.05) is 57.9 Å². The first kappa shape index (κ1) is 28.3. The summed E-state index contributed by atoms with van der Waals surface area (Å²) in [4.78, 5) is 14.3.